The van der Waals surface area contributed by atoms with E-state index in [-0.39, 0.29) is 10.6 Å². The lowest BCUT2D eigenvalue weighted by Crippen LogP contribution is -2.25. The fraction of sp³-hybridized carbons (Fsp3) is 0.364. The van der Waals surface area contributed by atoms with Crippen molar-refractivity contribution >= 4 is 23.1 Å². The van der Waals surface area contributed by atoms with Gasteiger partial charge in [-0.15, -0.1) is 0 Å². The first kappa shape index (κ1) is 13.6. The Kier molecular flexibility index (Phi) is 4.18. The topological polar surface area (TPSA) is 74.0 Å². The zero-order valence-corrected chi connectivity index (χ0v) is 11.4. The van der Waals surface area contributed by atoms with Crippen LogP contribution in [0.3, 0.4) is 0 Å². The SMILES string of the molecule is COCCn1ncc(Nc2ccn(C)n2)c(Cl)c1=O. The van der Waals surface area contributed by atoms with Crippen LogP contribution in [0.25, 0.3) is 0 Å². The van der Waals surface area contributed by atoms with Crippen molar-refractivity contribution in [3.63, 3.8) is 0 Å². The highest BCUT2D eigenvalue weighted by Crippen LogP contribution is 2.19. The van der Waals surface area contributed by atoms with Gasteiger partial charge in [-0.3, -0.25) is 9.48 Å². The van der Waals surface area contributed by atoms with Crippen molar-refractivity contribution in [1.29, 1.82) is 0 Å². The lowest BCUT2D eigenvalue weighted by molar-refractivity contribution is 0.182. The number of aromatic nitrogens is 4. The molecule has 8 heteroatoms. The minimum absolute atomic E-state index is 0.0803. The number of rotatable bonds is 5. The molecule has 0 fully saturated rings. The van der Waals surface area contributed by atoms with Crippen LogP contribution < -0.4 is 10.9 Å². The summed E-state index contributed by atoms with van der Waals surface area (Å²) in [4.78, 5) is 11.9. The molecule has 102 valence electrons. The fourth-order valence-corrected chi connectivity index (χ4v) is 1.70. The minimum atomic E-state index is -0.361. The predicted octanol–water partition coefficient (Wildman–Crippen LogP) is 1.02. The number of aryl methyl sites for hydroxylation is 1. The number of nitrogens with zero attached hydrogens (tertiary/aromatic N) is 4. The molecule has 2 aromatic heterocycles. The van der Waals surface area contributed by atoms with Crippen molar-refractivity contribution in [2.45, 2.75) is 6.54 Å². The molecule has 0 aliphatic heterocycles. The van der Waals surface area contributed by atoms with Crippen LogP contribution in [0.4, 0.5) is 11.5 Å². The van der Waals surface area contributed by atoms with Gasteiger partial charge in [0.15, 0.2) is 5.82 Å². The van der Waals surface area contributed by atoms with Crippen LogP contribution in [-0.2, 0) is 18.3 Å². The van der Waals surface area contributed by atoms with E-state index in [4.69, 9.17) is 16.3 Å². The maximum absolute atomic E-state index is 11.9. The summed E-state index contributed by atoms with van der Waals surface area (Å²) in [5.74, 6) is 0.597. The highest BCUT2D eigenvalue weighted by Gasteiger charge is 2.10. The standard InChI is InChI=1S/C11H14ClN5O2/c1-16-4-3-9(15-16)14-8-7-13-17(5-6-19-2)11(18)10(8)12/h3-4,7H,5-6H2,1-2H3,(H,14,15). The molecule has 0 saturated heterocycles. The molecule has 0 aliphatic rings. The van der Waals surface area contributed by atoms with Gasteiger partial charge in [0.25, 0.3) is 5.56 Å². The second-order valence-corrected chi connectivity index (χ2v) is 4.27. The molecule has 0 bridgehead atoms. The first-order valence-corrected chi connectivity index (χ1v) is 6.01. The van der Waals surface area contributed by atoms with Gasteiger partial charge in [0, 0.05) is 26.4 Å². The van der Waals surface area contributed by atoms with Gasteiger partial charge in [0.2, 0.25) is 0 Å². The van der Waals surface area contributed by atoms with E-state index >= 15 is 0 Å². The van der Waals surface area contributed by atoms with E-state index in [2.05, 4.69) is 15.5 Å². The number of ether oxygens (including phenoxy) is 1. The van der Waals surface area contributed by atoms with Crippen LogP contribution in [0.1, 0.15) is 0 Å². The lowest BCUT2D eigenvalue weighted by Gasteiger charge is -2.08. The third-order valence-corrected chi connectivity index (χ3v) is 2.83. The zero-order chi connectivity index (χ0) is 13.8. The van der Waals surface area contributed by atoms with Crippen LogP contribution >= 0.6 is 11.6 Å². The number of halogens is 1. The molecule has 0 aromatic carbocycles. The Hall–Kier alpha value is -1.86. The number of anilines is 2. The Morgan fingerprint density at radius 3 is 2.95 bits per heavy atom. The average molecular weight is 284 g/mol. The summed E-state index contributed by atoms with van der Waals surface area (Å²) in [5.41, 5.74) is 0.0682. The number of hydrogen-bond acceptors (Lipinski definition) is 5. The molecule has 0 atom stereocenters. The molecular formula is C11H14ClN5O2. The van der Waals surface area contributed by atoms with E-state index in [1.54, 1.807) is 31.1 Å². The third-order valence-electron chi connectivity index (χ3n) is 2.47. The summed E-state index contributed by atoms with van der Waals surface area (Å²) in [7, 11) is 3.36. The number of nitrogens with one attached hydrogen (secondary N) is 1. The van der Waals surface area contributed by atoms with Crippen molar-refractivity contribution in [1.82, 2.24) is 19.6 Å². The predicted molar refractivity (Wildman–Crippen MR) is 71.9 cm³/mol. The first-order chi connectivity index (χ1) is 9.11. The maximum atomic E-state index is 11.9. The third kappa shape index (κ3) is 3.12. The van der Waals surface area contributed by atoms with E-state index in [9.17, 15) is 4.79 Å². The summed E-state index contributed by atoms with van der Waals surface area (Å²) >= 11 is 6.02. The Bertz CT molecular complexity index is 622. The van der Waals surface area contributed by atoms with Crippen LogP contribution in [0, 0.1) is 0 Å². The minimum Gasteiger partial charge on any atom is -0.383 e. The molecule has 0 spiro atoms. The van der Waals surface area contributed by atoms with E-state index < -0.39 is 0 Å². The molecule has 0 aliphatic carbocycles. The van der Waals surface area contributed by atoms with Gasteiger partial charge in [-0.2, -0.15) is 10.2 Å². The molecule has 0 radical (unpaired) electrons. The van der Waals surface area contributed by atoms with Crippen molar-refractivity contribution in [2.24, 2.45) is 7.05 Å². The summed E-state index contributed by atoms with van der Waals surface area (Å²) < 4.78 is 7.80. The van der Waals surface area contributed by atoms with Crippen LogP contribution in [0.5, 0.6) is 0 Å². The smallest absolute Gasteiger partial charge is 0.287 e. The van der Waals surface area contributed by atoms with Gasteiger partial charge in [-0.05, 0) is 0 Å². The van der Waals surface area contributed by atoms with Crippen LogP contribution in [0.2, 0.25) is 5.02 Å². The lowest BCUT2D eigenvalue weighted by atomic mass is 10.4. The second-order valence-electron chi connectivity index (χ2n) is 3.89. The molecule has 1 N–H and O–H groups in total. The van der Waals surface area contributed by atoms with Crippen molar-refractivity contribution in [2.75, 3.05) is 19.0 Å². The number of hydrogen-bond donors (Lipinski definition) is 1. The fourth-order valence-electron chi connectivity index (χ4n) is 1.51. The van der Waals surface area contributed by atoms with Crippen LogP contribution in [-0.4, -0.2) is 33.3 Å². The molecular weight excluding hydrogens is 270 g/mol. The van der Waals surface area contributed by atoms with Crippen molar-refractivity contribution < 1.29 is 4.74 Å². The van der Waals surface area contributed by atoms with E-state index in [0.717, 1.165) is 0 Å². The molecule has 2 rings (SSSR count). The Balaban J connectivity index is 2.23. The average Bonchev–Trinajstić information content (AvgIpc) is 2.80. The van der Waals surface area contributed by atoms with E-state index in [1.165, 1.54) is 10.9 Å². The molecule has 2 heterocycles. The Morgan fingerprint density at radius 1 is 1.53 bits per heavy atom. The number of methoxy groups -OCH3 is 1. The summed E-state index contributed by atoms with van der Waals surface area (Å²) in [6, 6.07) is 1.77. The molecule has 0 amide bonds. The van der Waals surface area contributed by atoms with Gasteiger partial charge < -0.3 is 10.1 Å². The first-order valence-electron chi connectivity index (χ1n) is 5.63. The van der Waals surface area contributed by atoms with E-state index in [1.807, 2.05) is 0 Å². The zero-order valence-electron chi connectivity index (χ0n) is 10.6. The van der Waals surface area contributed by atoms with Crippen LogP contribution in [0.15, 0.2) is 23.3 Å². The van der Waals surface area contributed by atoms with Gasteiger partial charge >= 0.3 is 0 Å². The highest BCUT2D eigenvalue weighted by molar-refractivity contribution is 6.33. The van der Waals surface area contributed by atoms with Gasteiger partial charge in [0.1, 0.15) is 5.02 Å². The molecule has 7 nitrogen and oxygen atoms in total. The van der Waals surface area contributed by atoms with Crippen molar-refractivity contribution in [3.8, 4) is 0 Å². The van der Waals surface area contributed by atoms with Gasteiger partial charge in [0.05, 0.1) is 25.0 Å². The van der Waals surface area contributed by atoms with Gasteiger partial charge in [-0.25, -0.2) is 4.68 Å². The maximum Gasteiger partial charge on any atom is 0.287 e. The molecule has 2 aromatic rings. The summed E-state index contributed by atoms with van der Waals surface area (Å²) in [5, 5.41) is 11.2. The monoisotopic (exact) mass is 283 g/mol. The van der Waals surface area contributed by atoms with Gasteiger partial charge in [-0.1, -0.05) is 11.6 Å². The summed E-state index contributed by atoms with van der Waals surface area (Å²) in [6.07, 6.45) is 3.28. The molecule has 0 saturated carbocycles. The second kappa shape index (κ2) is 5.85. The Labute approximate surface area is 114 Å². The van der Waals surface area contributed by atoms with Crippen molar-refractivity contribution in [3.05, 3.63) is 33.8 Å². The highest BCUT2D eigenvalue weighted by atomic mass is 35.5. The largest absolute Gasteiger partial charge is 0.383 e. The quantitative estimate of drug-likeness (QED) is 0.887. The normalized spacial score (nSPS) is 10.7. The Morgan fingerprint density at radius 2 is 2.32 bits per heavy atom. The van der Waals surface area contributed by atoms with E-state index in [0.29, 0.717) is 24.7 Å². The summed E-state index contributed by atoms with van der Waals surface area (Å²) in [6.45, 7) is 0.759. The molecule has 0 unspecified atom stereocenters. The molecule has 19 heavy (non-hydrogen) atoms.